The molecule has 0 aliphatic carbocycles. The predicted molar refractivity (Wildman–Crippen MR) is 89.2 cm³/mol. The number of hydrogen-bond donors (Lipinski definition) is 0. The quantitative estimate of drug-likeness (QED) is 0.831. The number of fused-ring (bicyclic) bond motifs is 1. The van der Waals surface area contributed by atoms with Gasteiger partial charge >= 0.3 is 0 Å². The highest BCUT2D eigenvalue weighted by atomic mass is 35.5. The Bertz CT molecular complexity index is 984. The van der Waals surface area contributed by atoms with Crippen LogP contribution in [0, 0.1) is 0 Å². The van der Waals surface area contributed by atoms with Crippen LogP contribution in [0.5, 0.6) is 0 Å². The Balaban J connectivity index is 2.15. The van der Waals surface area contributed by atoms with Crippen molar-refractivity contribution < 1.29 is 16.8 Å². The van der Waals surface area contributed by atoms with Gasteiger partial charge in [0.05, 0.1) is 15.6 Å². The maximum atomic E-state index is 12.9. The highest BCUT2D eigenvalue weighted by molar-refractivity contribution is 7.93. The first kappa shape index (κ1) is 16.3. The molecule has 1 aliphatic rings. The first-order valence-corrected chi connectivity index (χ1v) is 10.5. The minimum absolute atomic E-state index is 0.00165. The third-order valence-corrected chi connectivity index (χ3v) is 7.15. The summed E-state index contributed by atoms with van der Waals surface area (Å²) in [6, 6.07) is 10.9. The van der Waals surface area contributed by atoms with Crippen LogP contribution in [0.15, 0.2) is 52.3 Å². The van der Waals surface area contributed by atoms with Crippen LogP contribution in [0.1, 0.15) is 5.56 Å². The van der Waals surface area contributed by atoms with E-state index in [4.69, 9.17) is 11.6 Å². The van der Waals surface area contributed by atoms with Gasteiger partial charge < -0.3 is 0 Å². The molecule has 0 spiro atoms. The number of benzene rings is 2. The number of sulfonamides is 1. The molecule has 1 aliphatic heterocycles. The van der Waals surface area contributed by atoms with E-state index in [-0.39, 0.29) is 14.8 Å². The van der Waals surface area contributed by atoms with Crippen LogP contribution < -0.4 is 4.31 Å². The normalized spacial score (nSPS) is 14.8. The van der Waals surface area contributed by atoms with Crippen molar-refractivity contribution in [3.8, 4) is 0 Å². The highest BCUT2D eigenvalue weighted by Gasteiger charge is 2.32. The van der Waals surface area contributed by atoms with E-state index >= 15 is 0 Å². The summed E-state index contributed by atoms with van der Waals surface area (Å²) in [6.45, 7) is 0.307. The summed E-state index contributed by atoms with van der Waals surface area (Å²) in [5, 5.41) is 0.00165. The zero-order chi connectivity index (χ0) is 16.8. The van der Waals surface area contributed by atoms with Crippen molar-refractivity contribution in [3.05, 3.63) is 53.1 Å². The molecule has 0 saturated heterocycles. The molecule has 2 aromatic rings. The van der Waals surface area contributed by atoms with Crippen LogP contribution in [0.2, 0.25) is 5.02 Å². The van der Waals surface area contributed by atoms with E-state index in [1.165, 1.54) is 16.4 Å². The van der Waals surface area contributed by atoms with Gasteiger partial charge in [-0.2, -0.15) is 0 Å². The van der Waals surface area contributed by atoms with Crippen molar-refractivity contribution in [3.63, 3.8) is 0 Å². The van der Waals surface area contributed by atoms with E-state index in [1.807, 2.05) is 12.1 Å². The van der Waals surface area contributed by atoms with E-state index in [0.717, 1.165) is 17.9 Å². The Hall–Kier alpha value is -1.57. The fourth-order valence-corrected chi connectivity index (χ4v) is 5.32. The van der Waals surface area contributed by atoms with Crippen LogP contribution in [-0.2, 0) is 26.3 Å². The lowest BCUT2D eigenvalue weighted by atomic mass is 10.2. The maximum absolute atomic E-state index is 12.9. The Morgan fingerprint density at radius 3 is 2.43 bits per heavy atom. The molecule has 0 radical (unpaired) electrons. The van der Waals surface area contributed by atoms with Gasteiger partial charge in [-0.25, -0.2) is 16.8 Å². The summed E-state index contributed by atoms with van der Waals surface area (Å²) in [6.07, 6.45) is 1.64. The number of halogens is 1. The number of nitrogens with zero attached hydrogens (tertiary/aromatic N) is 1. The standard InChI is InChI=1S/C15H14ClNO4S2/c1-22(18,19)12-6-7-13(16)15(10-12)23(20,21)17-9-8-11-4-2-3-5-14(11)17/h2-7,10H,8-9H2,1H3. The molecule has 0 bridgehead atoms. The third-order valence-electron chi connectivity index (χ3n) is 3.74. The average molecular weight is 372 g/mol. The fraction of sp³-hybridized carbons (Fsp3) is 0.200. The molecule has 0 N–H and O–H groups in total. The SMILES string of the molecule is CS(=O)(=O)c1ccc(Cl)c(S(=O)(=O)N2CCc3ccccc32)c1. The number of rotatable bonds is 3. The Kier molecular flexibility index (Phi) is 3.90. The summed E-state index contributed by atoms with van der Waals surface area (Å²) in [7, 11) is -7.46. The molecule has 0 amide bonds. The number of para-hydroxylation sites is 1. The maximum Gasteiger partial charge on any atom is 0.265 e. The second-order valence-electron chi connectivity index (χ2n) is 5.32. The molecule has 0 unspecified atom stereocenters. The second kappa shape index (κ2) is 5.51. The number of anilines is 1. The van der Waals surface area contributed by atoms with Gasteiger partial charge in [-0.3, -0.25) is 4.31 Å². The summed E-state index contributed by atoms with van der Waals surface area (Å²) in [4.78, 5) is -0.272. The van der Waals surface area contributed by atoms with E-state index in [2.05, 4.69) is 0 Å². The molecule has 0 saturated carbocycles. The van der Waals surface area contributed by atoms with Crippen molar-refractivity contribution in [1.82, 2.24) is 0 Å². The van der Waals surface area contributed by atoms with Crippen molar-refractivity contribution in [2.24, 2.45) is 0 Å². The van der Waals surface area contributed by atoms with E-state index in [0.29, 0.717) is 18.7 Å². The first-order valence-electron chi connectivity index (χ1n) is 6.81. The van der Waals surface area contributed by atoms with Crippen LogP contribution in [0.3, 0.4) is 0 Å². The Morgan fingerprint density at radius 2 is 1.74 bits per heavy atom. The molecule has 0 aromatic heterocycles. The zero-order valence-corrected chi connectivity index (χ0v) is 14.6. The van der Waals surface area contributed by atoms with Crippen molar-refractivity contribution in [2.45, 2.75) is 16.2 Å². The van der Waals surface area contributed by atoms with Gasteiger partial charge in [0.15, 0.2) is 9.84 Å². The highest BCUT2D eigenvalue weighted by Crippen LogP contribution is 2.35. The van der Waals surface area contributed by atoms with E-state index < -0.39 is 19.9 Å². The van der Waals surface area contributed by atoms with E-state index in [1.54, 1.807) is 12.1 Å². The predicted octanol–water partition coefficient (Wildman–Crippen LogP) is 2.49. The van der Waals surface area contributed by atoms with Crippen LogP contribution in [0.25, 0.3) is 0 Å². The molecular formula is C15H14ClNO4S2. The molecule has 0 fully saturated rings. The second-order valence-corrected chi connectivity index (χ2v) is 9.57. The minimum atomic E-state index is -3.93. The molecule has 23 heavy (non-hydrogen) atoms. The van der Waals surface area contributed by atoms with Crippen molar-refractivity contribution in [2.75, 3.05) is 17.1 Å². The smallest absolute Gasteiger partial charge is 0.265 e. The fourth-order valence-electron chi connectivity index (χ4n) is 2.59. The van der Waals surface area contributed by atoms with Gasteiger partial charge in [0.25, 0.3) is 10.0 Å². The van der Waals surface area contributed by atoms with Crippen molar-refractivity contribution in [1.29, 1.82) is 0 Å². The molecule has 0 atom stereocenters. The van der Waals surface area contributed by atoms with Gasteiger partial charge in [0.2, 0.25) is 0 Å². The number of sulfone groups is 1. The summed E-state index contributed by atoms with van der Waals surface area (Å²) in [5.74, 6) is 0. The van der Waals surface area contributed by atoms with Crippen LogP contribution >= 0.6 is 11.6 Å². The molecule has 2 aromatic carbocycles. The van der Waals surface area contributed by atoms with Gasteiger partial charge in [-0.05, 0) is 36.2 Å². The van der Waals surface area contributed by atoms with Gasteiger partial charge in [0, 0.05) is 12.8 Å². The topological polar surface area (TPSA) is 71.5 Å². The molecule has 122 valence electrons. The van der Waals surface area contributed by atoms with Crippen LogP contribution in [0.4, 0.5) is 5.69 Å². The minimum Gasteiger partial charge on any atom is -0.266 e. The lowest BCUT2D eigenvalue weighted by Gasteiger charge is -2.20. The lowest BCUT2D eigenvalue weighted by molar-refractivity contribution is 0.592. The lowest BCUT2D eigenvalue weighted by Crippen LogP contribution is -2.29. The van der Waals surface area contributed by atoms with Crippen molar-refractivity contribution >= 4 is 37.1 Å². The monoisotopic (exact) mass is 371 g/mol. The molecule has 8 heteroatoms. The summed E-state index contributed by atoms with van der Waals surface area (Å²) < 4.78 is 50.5. The molecule has 5 nitrogen and oxygen atoms in total. The largest absolute Gasteiger partial charge is 0.266 e. The first-order chi connectivity index (χ1) is 10.7. The van der Waals surface area contributed by atoms with Gasteiger partial charge in [-0.1, -0.05) is 29.8 Å². The summed E-state index contributed by atoms with van der Waals surface area (Å²) >= 11 is 6.04. The zero-order valence-electron chi connectivity index (χ0n) is 12.2. The molecular weight excluding hydrogens is 358 g/mol. The molecule has 3 rings (SSSR count). The third kappa shape index (κ3) is 2.84. The average Bonchev–Trinajstić information content (AvgIpc) is 2.91. The number of hydrogen-bond acceptors (Lipinski definition) is 4. The summed E-state index contributed by atoms with van der Waals surface area (Å²) in [5.41, 5.74) is 1.54. The van der Waals surface area contributed by atoms with Gasteiger partial charge in [-0.15, -0.1) is 0 Å². The molecule has 1 heterocycles. The Labute approximate surface area is 140 Å². The van der Waals surface area contributed by atoms with Gasteiger partial charge in [0.1, 0.15) is 4.90 Å². The Morgan fingerprint density at radius 1 is 1.04 bits per heavy atom. The van der Waals surface area contributed by atoms with E-state index in [9.17, 15) is 16.8 Å². The van der Waals surface area contributed by atoms with Crippen LogP contribution in [-0.4, -0.2) is 29.6 Å².